The van der Waals surface area contributed by atoms with Crippen molar-refractivity contribution in [2.45, 2.75) is 18.9 Å². The van der Waals surface area contributed by atoms with Gasteiger partial charge < -0.3 is 24.8 Å². The third-order valence-corrected chi connectivity index (χ3v) is 5.44. The molecule has 3 heterocycles. The molecule has 2 aliphatic heterocycles. The number of nitrogens with zero attached hydrogens (tertiary/aromatic N) is 2. The lowest BCUT2D eigenvalue weighted by Crippen LogP contribution is -2.22. The number of aliphatic hydroxyl groups excluding tert-OH is 1. The van der Waals surface area contributed by atoms with E-state index in [4.69, 9.17) is 4.74 Å². The topological polar surface area (TPSA) is 83.9 Å². The zero-order chi connectivity index (χ0) is 23.2. The molecule has 2 aromatic carbocycles. The fourth-order valence-electron chi connectivity index (χ4n) is 3.90. The zero-order valence-corrected chi connectivity index (χ0v) is 17.1. The largest absolute Gasteiger partial charge is 0.573 e. The minimum absolute atomic E-state index is 0.0679. The van der Waals surface area contributed by atoms with Crippen LogP contribution in [0.2, 0.25) is 0 Å². The van der Waals surface area contributed by atoms with E-state index in [1.54, 1.807) is 24.4 Å². The number of fused-ring (bicyclic) bond motifs is 2. The number of hydrogen-bond acceptors (Lipinski definition) is 6. The highest BCUT2D eigenvalue weighted by Crippen LogP contribution is 2.40. The average Bonchev–Trinajstić information content (AvgIpc) is 3.15. The summed E-state index contributed by atoms with van der Waals surface area (Å²) >= 11 is 0. The molecule has 0 spiro atoms. The van der Waals surface area contributed by atoms with Gasteiger partial charge >= 0.3 is 6.36 Å². The van der Waals surface area contributed by atoms with Crippen molar-refractivity contribution < 1.29 is 32.5 Å². The van der Waals surface area contributed by atoms with Crippen molar-refractivity contribution in [3.05, 3.63) is 60.3 Å². The van der Waals surface area contributed by atoms with Crippen LogP contribution in [-0.2, 0) is 0 Å². The molecule has 0 bridgehead atoms. The maximum absolute atomic E-state index is 12.9. The van der Waals surface area contributed by atoms with Crippen molar-refractivity contribution in [3.8, 4) is 28.4 Å². The van der Waals surface area contributed by atoms with Crippen LogP contribution in [0, 0.1) is 0 Å². The van der Waals surface area contributed by atoms with Gasteiger partial charge in [-0.3, -0.25) is 4.79 Å². The summed E-state index contributed by atoms with van der Waals surface area (Å²) in [4.78, 5) is 19.2. The van der Waals surface area contributed by atoms with Gasteiger partial charge in [0.1, 0.15) is 17.3 Å². The van der Waals surface area contributed by atoms with E-state index in [0.29, 0.717) is 19.5 Å². The molecule has 2 aliphatic rings. The Kier molecular flexibility index (Phi) is 5.09. The lowest BCUT2D eigenvalue weighted by molar-refractivity contribution is -0.274. The van der Waals surface area contributed by atoms with Gasteiger partial charge in [0.15, 0.2) is 5.75 Å². The number of nitrogens with one attached hydrogen (secondary N) is 1. The zero-order valence-electron chi connectivity index (χ0n) is 17.1. The summed E-state index contributed by atoms with van der Waals surface area (Å²) in [5.41, 5.74) is 1.86. The van der Waals surface area contributed by atoms with Gasteiger partial charge in [-0.25, -0.2) is 4.98 Å². The number of aliphatic hydroxyl groups is 1. The van der Waals surface area contributed by atoms with E-state index in [-0.39, 0.29) is 28.9 Å². The van der Waals surface area contributed by atoms with Gasteiger partial charge in [-0.15, -0.1) is 13.2 Å². The van der Waals surface area contributed by atoms with Gasteiger partial charge in [0.25, 0.3) is 5.91 Å². The van der Waals surface area contributed by atoms with Gasteiger partial charge in [0.2, 0.25) is 0 Å². The summed E-state index contributed by atoms with van der Waals surface area (Å²) in [7, 11) is 0. The number of benzene rings is 2. The maximum atomic E-state index is 12.9. The molecule has 0 saturated carbocycles. The van der Waals surface area contributed by atoms with Crippen molar-refractivity contribution >= 4 is 17.4 Å². The molecule has 0 aliphatic carbocycles. The summed E-state index contributed by atoms with van der Waals surface area (Å²) in [5.74, 6) is 0.212. The van der Waals surface area contributed by atoms with E-state index < -0.39 is 18.0 Å². The Balaban J connectivity index is 1.44. The number of rotatable bonds is 3. The van der Waals surface area contributed by atoms with Crippen molar-refractivity contribution in [2.24, 2.45) is 0 Å². The Morgan fingerprint density at radius 3 is 2.64 bits per heavy atom. The number of anilines is 2. The number of carbonyl (C=O) groups is 1. The first-order valence-electron chi connectivity index (χ1n) is 10.2. The van der Waals surface area contributed by atoms with Crippen LogP contribution in [0.5, 0.6) is 17.2 Å². The molecule has 7 nitrogen and oxygen atoms in total. The Bertz CT molecular complexity index is 1230. The smallest absolute Gasteiger partial charge is 0.454 e. The first-order valence-corrected chi connectivity index (χ1v) is 10.2. The number of carbonyl (C=O) groups excluding carboxylic acids is 1. The quantitative estimate of drug-likeness (QED) is 0.599. The number of amides is 1. The van der Waals surface area contributed by atoms with Crippen LogP contribution < -0.4 is 19.7 Å². The SMILES string of the molecule is O=C1Nc2cc(OC(F)(F)F)ccc2Oc2ccc(-c3ccnc(N4CC[C@@H](O)C4)c3)cc21. The number of pyridine rings is 1. The lowest BCUT2D eigenvalue weighted by atomic mass is 10.0. The molecule has 2 N–H and O–H groups in total. The minimum Gasteiger partial charge on any atom is -0.454 e. The number of aromatic nitrogens is 1. The van der Waals surface area contributed by atoms with Crippen LogP contribution in [-0.4, -0.2) is 41.6 Å². The van der Waals surface area contributed by atoms with E-state index in [1.807, 2.05) is 17.0 Å². The fourth-order valence-corrected chi connectivity index (χ4v) is 3.90. The van der Waals surface area contributed by atoms with Crippen LogP contribution in [0.4, 0.5) is 24.7 Å². The number of ether oxygens (including phenoxy) is 2. The van der Waals surface area contributed by atoms with Gasteiger partial charge in [0, 0.05) is 25.4 Å². The molecule has 33 heavy (non-hydrogen) atoms. The van der Waals surface area contributed by atoms with Gasteiger partial charge in [-0.05, 0) is 53.9 Å². The molecular weight excluding hydrogens is 439 g/mol. The second-order valence-electron chi connectivity index (χ2n) is 7.76. The van der Waals surface area contributed by atoms with Crippen molar-refractivity contribution in [2.75, 3.05) is 23.3 Å². The van der Waals surface area contributed by atoms with E-state index in [0.717, 1.165) is 29.1 Å². The van der Waals surface area contributed by atoms with E-state index in [9.17, 15) is 23.1 Å². The molecular formula is C23H18F3N3O4. The molecule has 1 atom stereocenters. The van der Waals surface area contributed by atoms with Crippen LogP contribution in [0.15, 0.2) is 54.7 Å². The Labute approximate surface area is 186 Å². The Morgan fingerprint density at radius 2 is 1.88 bits per heavy atom. The molecule has 1 amide bonds. The average molecular weight is 457 g/mol. The first kappa shape index (κ1) is 21.1. The van der Waals surface area contributed by atoms with Crippen LogP contribution in [0.3, 0.4) is 0 Å². The van der Waals surface area contributed by atoms with Gasteiger partial charge in [-0.2, -0.15) is 0 Å². The summed E-state index contributed by atoms with van der Waals surface area (Å²) in [6, 6.07) is 12.3. The summed E-state index contributed by atoms with van der Waals surface area (Å²) in [6.07, 6.45) is -2.89. The predicted molar refractivity (Wildman–Crippen MR) is 114 cm³/mol. The summed E-state index contributed by atoms with van der Waals surface area (Å²) in [6.45, 7) is 1.21. The van der Waals surface area contributed by atoms with Gasteiger partial charge in [0.05, 0.1) is 17.4 Å². The molecule has 1 aromatic heterocycles. The van der Waals surface area contributed by atoms with Crippen LogP contribution in [0.25, 0.3) is 11.1 Å². The molecule has 170 valence electrons. The molecule has 0 radical (unpaired) electrons. The second-order valence-corrected chi connectivity index (χ2v) is 7.76. The fraction of sp³-hybridized carbons (Fsp3) is 0.217. The predicted octanol–water partition coefficient (Wildman–Crippen LogP) is 4.58. The summed E-state index contributed by atoms with van der Waals surface area (Å²) < 4.78 is 47.3. The molecule has 5 rings (SSSR count). The number of halogens is 3. The minimum atomic E-state index is -4.85. The Hall–Kier alpha value is -3.79. The highest BCUT2D eigenvalue weighted by Gasteiger charge is 2.32. The van der Waals surface area contributed by atoms with Gasteiger partial charge in [-0.1, -0.05) is 6.07 Å². The normalized spacial score (nSPS) is 17.5. The summed E-state index contributed by atoms with van der Waals surface area (Å²) in [5, 5.41) is 12.4. The standard InChI is InChI=1S/C23H18F3N3O4/c24-23(25,26)33-16-2-4-20-18(11-16)28-22(31)17-9-13(1-3-19(17)32-20)14-5-7-27-21(10-14)29-8-6-15(30)12-29/h1-5,7,9-11,15,30H,6,8,12H2,(H,28,31)/t15-/m1/s1. The van der Waals surface area contributed by atoms with Crippen molar-refractivity contribution in [1.29, 1.82) is 0 Å². The van der Waals surface area contributed by atoms with E-state index in [2.05, 4.69) is 15.0 Å². The highest BCUT2D eigenvalue weighted by atomic mass is 19.4. The van der Waals surface area contributed by atoms with Crippen molar-refractivity contribution in [1.82, 2.24) is 4.98 Å². The molecule has 1 fully saturated rings. The van der Waals surface area contributed by atoms with E-state index in [1.165, 1.54) is 6.07 Å². The molecule has 3 aromatic rings. The number of alkyl halides is 3. The maximum Gasteiger partial charge on any atom is 0.573 e. The third kappa shape index (κ3) is 4.42. The molecule has 10 heteroatoms. The monoisotopic (exact) mass is 457 g/mol. The lowest BCUT2D eigenvalue weighted by Gasteiger charge is -2.17. The van der Waals surface area contributed by atoms with E-state index >= 15 is 0 Å². The Morgan fingerprint density at radius 1 is 1.09 bits per heavy atom. The highest BCUT2D eigenvalue weighted by molar-refractivity contribution is 6.08. The van der Waals surface area contributed by atoms with Crippen LogP contribution >= 0.6 is 0 Å². The third-order valence-electron chi connectivity index (χ3n) is 5.44. The molecule has 0 unspecified atom stereocenters. The second kappa shape index (κ2) is 7.96. The molecule has 1 saturated heterocycles. The first-order chi connectivity index (χ1) is 15.7. The van der Waals surface area contributed by atoms with Crippen molar-refractivity contribution in [3.63, 3.8) is 0 Å². The number of hydrogen-bond donors (Lipinski definition) is 2. The number of β-amino-alcohol motifs (C(OH)–C–C–N with tert-alkyl or cyclic N) is 1. The van der Waals surface area contributed by atoms with Crippen LogP contribution in [0.1, 0.15) is 16.8 Å².